The van der Waals surface area contributed by atoms with Crippen molar-refractivity contribution in [3.63, 3.8) is 0 Å². The maximum absolute atomic E-state index is 13.0. The van der Waals surface area contributed by atoms with Crippen LogP contribution in [0.15, 0.2) is 75.4 Å². The van der Waals surface area contributed by atoms with Gasteiger partial charge in [0.2, 0.25) is 10.0 Å². The molecule has 166 valence electrons. The highest BCUT2D eigenvalue weighted by Crippen LogP contribution is 2.34. The molecule has 0 aliphatic heterocycles. The molecule has 0 aliphatic carbocycles. The zero-order valence-electron chi connectivity index (χ0n) is 17.4. The Balaban J connectivity index is 1.77. The zero-order chi connectivity index (χ0) is 23.0. The molecular formula is C22H21ClN4O4S. The van der Waals surface area contributed by atoms with Crippen molar-refractivity contribution < 1.29 is 8.42 Å². The van der Waals surface area contributed by atoms with E-state index in [0.29, 0.717) is 5.02 Å². The monoisotopic (exact) mass is 472 g/mol. The van der Waals surface area contributed by atoms with Crippen LogP contribution < -0.4 is 16.0 Å². The first-order valence-electron chi connectivity index (χ1n) is 9.77. The molecule has 10 heteroatoms. The van der Waals surface area contributed by atoms with Crippen LogP contribution in [-0.2, 0) is 24.1 Å². The highest BCUT2D eigenvalue weighted by Gasteiger charge is 2.26. The number of para-hydroxylation sites is 1. The van der Waals surface area contributed by atoms with E-state index in [-0.39, 0.29) is 6.54 Å². The van der Waals surface area contributed by atoms with Gasteiger partial charge in [-0.2, -0.15) is 0 Å². The van der Waals surface area contributed by atoms with E-state index in [4.69, 9.17) is 11.6 Å². The normalized spacial score (nSPS) is 12.8. The van der Waals surface area contributed by atoms with Gasteiger partial charge in [-0.25, -0.2) is 17.9 Å². The summed E-state index contributed by atoms with van der Waals surface area (Å²) in [5.41, 5.74) is 1.03. The number of aryl methyl sites for hydroxylation is 1. The Hall–Kier alpha value is -3.14. The van der Waals surface area contributed by atoms with Gasteiger partial charge in [-0.3, -0.25) is 9.36 Å². The number of nitrogens with zero attached hydrogens (tertiary/aromatic N) is 2. The quantitative estimate of drug-likeness (QED) is 0.449. The topological polar surface area (TPSA) is 106 Å². The van der Waals surface area contributed by atoms with Crippen molar-refractivity contribution in [1.82, 2.24) is 18.8 Å². The number of hydrogen-bond acceptors (Lipinski definition) is 4. The highest BCUT2D eigenvalue weighted by molar-refractivity contribution is 7.89. The Morgan fingerprint density at radius 1 is 1.03 bits per heavy atom. The van der Waals surface area contributed by atoms with E-state index >= 15 is 0 Å². The third-order valence-corrected chi connectivity index (χ3v) is 7.21. The first kappa shape index (κ1) is 22.1. The van der Waals surface area contributed by atoms with Gasteiger partial charge in [0.05, 0.1) is 0 Å². The summed E-state index contributed by atoms with van der Waals surface area (Å²) >= 11 is 6.46. The van der Waals surface area contributed by atoms with Crippen LogP contribution in [0.25, 0.3) is 10.9 Å². The maximum Gasteiger partial charge on any atom is 0.330 e. The highest BCUT2D eigenvalue weighted by atomic mass is 35.5. The van der Waals surface area contributed by atoms with E-state index < -0.39 is 32.1 Å². The number of halogens is 1. The third kappa shape index (κ3) is 3.90. The fourth-order valence-electron chi connectivity index (χ4n) is 3.76. The Morgan fingerprint density at radius 3 is 2.47 bits per heavy atom. The van der Waals surface area contributed by atoms with E-state index in [1.165, 1.54) is 14.1 Å². The van der Waals surface area contributed by atoms with Crippen LogP contribution in [0, 0.1) is 0 Å². The van der Waals surface area contributed by atoms with Crippen LogP contribution >= 0.6 is 11.6 Å². The summed E-state index contributed by atoms with van der Waals surface area (Å²) in [5, 5.41) is 1.44. The van der Waals surface area contributed by atoms with Gasteiger partial charge in [0.25, 0.3) is 5.56 Å². The van der Waals surface area contributed by atoms with Crippen molar-refractivity contribution in [3.8, 4) is 0 Å². The summed E-state index contributed by atoms with van der Waals surface area (Å²) in [6.45, 7) is -0.0418. The number of aromatic amines is 1. The molecule has 8 nitrogen and oxygen atoms in total. The molecule has 2 heterocycles. The minimum absolute atomic E-state index is 0.0418. The van der Waals surface area contributed by atoms with E-state index in [1.54, 1.807) is 12.1 Å². The molecule has 0 aliphatic rings. The number of rotatable bonds is 6. The lowest BCUT2D eigenvalue weighted by Crippen LogP contribution is -2.42. The predicted octanol–water partition coefficient (Wildman–Crippen LogP) is 2.33. The molecular weight excluding hydrogens is 452 g/mol. The predicted molar refractivity (Wildman–Crippen MR) is 124 cm³/mol. The standard InChI is InChI=1S/C22H21ClN4O4S/c1-26-13-20(21(28)27(2)22(26)29)32(30,31)25-12-17(14-7-3-5-9-18(14)23)16-11-24-19-10-6-4-8-15(16)19/h3-11,13,17,24-25H,12H2,1-2H3/t17-/m1/s1. The van der Waals surface area contributed by atoms with E-state index in [0.717, 1.165) is 37.4 Å². The number of H-pyrrole nitrogens is 1. The Morgan fingerprint density at radius 2 is 1.72 bits per heavy atom. The summed E-state index contributed by atoms with van der Waals surface area (Å²) in [6, 6.07) is 14.9. The average molecular weight is 473 g/mol. The van der Waals surface area contributed by atoms with E-state index in [1.807, 2.05) is 42.6 Å². The van der Waals surface area contributed by atoms with Crippen molar-refractivity contribution in [1.29, 1.82) is 0 Å². The smallest absolute Gasteiger partial charge is 0.330 e. The van der Waals surface area contributed by atoms with Crippen LogP contribution in [0.3, 0.4) is 0 Å². The zero-order valence-corrected chi connectivity index (χ0v) is 18.9. The first-order chi connectivity index (χ1) is 15.2. The van der Waals surface area contributed by atoms with Gasteiger partial charge in [0.1, 0.15) is 0 Å². The summed E-state index contributed by atoms with van der Waals surface area (Å²) in [4.78, 5) is 27.1. The van der Waals surface area contributed by atoms with Crippen molar-refractivity contribution in [2.75, 3.05) is 6.54 Å². The van der Waals surface area contributed by atoms with Gasteiger partial charge in [-0.15, -0.1) is 0 Å². The van der Waals surface area contributed by atoms with Crippen molar-refractivity contribution in [3.05, 3.63) is 97.9 Å². The van der Waals surface area contributed by atoms with Gasteiger partial charge in [0.15, 0.2) is 4.90 Å². The molecule has 1 atom stereocenters. The Labute approximate surface area is 189 Å². The lowest BCUT2D eigenvalue weighted by molar-refractivity contribution is 0.567. The number of sulfonamides is 1. The summed E-state index contributed by atoms with van der Waals surface area (Å²) in [6.07, 6.45) is 2.86. The van der Waals surface area contributed by atoms with Crippen LogP contribution in [0.4, 0.5) is 0 Å². The molecule has 0 unspecified atom stereocenters. The second-order valence-electron chi connectivity index (χ2n) is 7.47. The van der Waals surface area contributed by atoms with E-state index in [2.05, 4.69) is 9.71 Å². The average Bonchev–Trinajstić information content (AvgIpc) is 3.20. The molecule has 4 rings (SSSR count). The second kappa shape index (κ2) is 8.42. The largest absolute Gasteiger partial charge is 0.361 e. The molecule has 32 heavy (non-hydrogen) atoms. The van der Waals surface area contributed by atoms with Gasteiger partial charge in [-0.1, -0.05) is 48.0 Å². The minimum Gasteiger partial charge on any atom is -0.361 e. The molecule has 2 N–H and O–H groups in total. The number of fused-ring (bicyclic) bond motifs is 1. The molecule has 0 radical (unpaired) electrons. The van der Waals surface area contributed by atoms with Gasteiger partial charge in [0, 0.05) is 54.9 Å². The van der Waals surface area contributed by atoms with Crippen LogP contribution in [0.1, 0.15) is 17.0 Å². The molecule has 0 amide bonds. The Kier molecular flexibility index (Phi) is 5.81. The van der Waals surface area contributed by atoms with Gasteiger partial charge < -0.3 is 9.55 Å². The van der Waals surface area contributed by atoms with Crippen LogP contribution in [-0.4, -0.2) is 29.1 Å². The van der Waals surface area contributed by atoms with Crippen molar-refractivity contribution in [2.45, 2.75) is 10.8 Å². The molecule has 0 saturated carbocycles. The third-order valence-electron chi connectivity index (χ3n) is 5.46. The lowest BCUT2D eigenvalue weighted by atomic mass is 9.91. The molecule has 0 saturated heterocycles. The molecule has 2 aromatic heterocycles. The first-order valence-corrected chi connectivity index (χ1v) is 11.6. The Bertz CT molecular complexity index is 1540. The SMILES string of the molecule is Cn1cc(S(=O)(=O)NC[C@H](c2ccccc2Cl)c2c[nH]c3ccccc23)c(=O)n(C)c1=O. The van der Waals surface area contributed by atoms with Crippen molar-refractivity contribution in [2.24, 2.45) is 14.1 Å². The number of aromatic nitrogens is 3. The molecule has 4 aromatic rings. The minimum atomic E-state index is -4.21. The molecule has 0 fully saturated rings. The number of hydrogen-bond donors (Lipinski definition) is 2. The lowest BCUT2D eigenvalue weighted by Gasteiger charge is -2.19. The summed E-state index contributed by atoms with van der Waals surface area (Å²) < 4.78 is 30.4. The van der Waals surface area contributed by atoms with Crippen LogP contribution in [0.5, 0.6) is 0 Å². The molecule has 2 aromatic carbocycles. The maximum atomic E-state index is 13.0. The second-order valence-corrected chi connectivity index (χ2v) is 9.61. The molecule has 0 spiro atoms. The van der Waals surface area contributed by atoms with Crippen LogP contribution in [0.2, 0.25) is 5.02 Å². The molecule has 0 bridgehead atoms. The van der Waals surface area contributed by atoms with Gasteiger partial charge in [-0.05, 0) is 23.3 Å². The number of nitrogens with one attached hydrogen (secondary N) is 2. The fourth-order valence-corrected chi connectivity index (χ4v) is 5.23. The summed E-state index contributed by atoms with van der Waals surface area (Å²) in [7, 11) is -1.58. The van der Waals surface area contributed by atoms with Gasteiger partial charge >= 0.3 is 5.69 Å². The number of benzene rings is 2. The summed E-state index contributed by atoms with van der Waals surface area (Å²) in [5.74, 6) is -0.425. The fraction of sp³-hybridized carbons (Fsp3) is 0.182. The van der Waals surface area contributed by atoms with E-state index in [9.17, 15) is 18.0 Å². The van der Waals surface area contributed by atoms with Crippen molar-refractivity contribution >= 4 is 32.5 Å².